The summed E-state index contributed by atoms with van der Waals surface area (Å²) >= 11 is 5.98. The Labute approximate surface area is 119 Å². The molecule has 0 saturated carbocycles. The molecule has 0 aliphatic heterocycles. The van der Waals surface area contributed by atoms with Gasteiger partial charge < -0.3 is 15.0 Å². The molecule has 0 saturated heterocycles. The Morgan fingerprint density at radius 2 is 2.16 bits per heavy atom. The molecule has 0 aromatic heterocycles. The number of hydrogen-bond acceptors (Lipinski definition) is 3. The zero-order valence-corrected chi connectivity index (χ0v) is 12.5. The van der Waals surface area contributed by atoms with Gasteiger partial charge in [-0.1, -0.05) is 17.7 Å². The van der Waals surface area contributed by atoms with Crippen LogP contribution in [0.4, 0.5) is 0 Å². The molecule has 4 nitrogen and oxygen atoms in total. The third-order valence-corrected chi connectivity index (χ3v) is 2.86. The average molecular weight is 285 g/mol. The Morgan fingerprint density at radius 1 is 1.42 bits per heavy atom. The fourth-order valence-electron chi connectivity index (χ4n) is 1.54. The first-order valence-electron chi connectivity index (χ1n) is 6.29. The van der Waals surface area contributed by atoms with Gasteiger partial charge in [-0.25, -0.2) is 0 Å². The second-order valence-corrected chi connectivity index (χ2v) is 5.14. The number of carbonyl (C=O) groups is 1. The van der Waals surface area contributed by atoms with Crippen molar-refractivity contribution in [3.8, 4) is 5.75 Å². The molecule has 0 aliphatic rings. The Morgan fingerprint density at radius 3 is 2.84 bits per heavy atom. The number of aryl methyl sites for hydroxylation is 1. The highest BCUT2D eigenvalue weighted by atomic mass is 35.5. The highest BCUT2D eigenvalue weighted by Crippen LogP contribution is 2.24. The van der Waals surface area contributed by atoms with Crippen molar-refractivity contribution >= 4 is 17.5 Å². The Balaban J connectivity index is 2.28. The molecule has 1 aromatic carbocycles. The summed E-state index contributed by atoms with van der Waals surface area (Å²) < 4.78 is 5.40. The summed E-state index contributed by atoms with van der Waals surface area (Å²) in [7, 11) is 4.01. The summed E-state index contributed by atoms with van der Waals surface area (Å²) in [6.07, 6.45) is 0.921. The topological polar surface area (TPSA) is 41.6 Å². The van der Waals surface area contributed by atoms with Crippen LogP contribution < -0.4 is 10.1 Å². The van der Waals surface area contributed by atoms with Gasteiger partial charge in [0.25, 0.3) is 5.91 Å². The highest BCUT2D eigenvalue weighted by molar-refractivity contribution is 6.32. The van der Waals surface area contributed by atoms with Gasteiger partial charge in [-0.3, -0.25) is 4.79 Å². The first-order valence-corrected chi connectivity index (χ1v) is 6.67. The van der Waals surface area contributed by atoms with Gasteiger partial charge in [0.1, 0.15) is 5.75 Å². The molecule has 19 heavy (non-hydrogen) atoms. The van der Waals surface area contributed by atoms with Crippen molar-refractivity contribution in [2.75, 3.05) is 33.8 Å². The zero-order chi connectivity index (χ0) is 14.3. The van der Waals surface area contributed by atoms with Gasteiger partial charge >= 0.3 is 0 Å². The summed E-state index contributed by atoms with van der Waals surface area (Å²) in [6.45, 7) is 3.54. The van der Waals surface area contributed by atoms with Crippen molar-refractivity contribution in [1.29, 1.82) is 0 Å². The minimum atomic E-state index is -0.128. The molecule has 0 fully saturated rings. The van der Waals surface area contributed by atoms with Crippen LogP contribution in [0.3, 0.4) is 0 Å². The van der Waals surface area contributed by atoms with Crippen LogP contribution in [0, 0.1) is 6.92 Å². The second kappa shape index (κ2) is 8.02. The molecule has 1 rings (SSSR count). The second-order valence-electron chi connectivity index (χ2n) is 4.73. The highest BCUT2D eigenvalue weighted by Gasteiger charge is 2.05. The van der Waals surface area contributed by atoms with Crippen LogP contribution in [-0.4, -0.2) is 44.6 Å². The number of amides is 1. The fourth-order valence-corrected chi connectivity index (χ4v) is 1.71. The van der Waals surface area contributed by atoms with Crippen LogP contribution in [0.15, 0.2) is 18.2 Å². The molecular formula is C14H21ClN2O2. The van der Waals surface area contributed by atoms with E-state index in [0.717, 1.165) is 18.5 Å². The van der Waals surface area contributed by atoms with Crippen LogP contribution in [0.25, 0.3) is 0 Å². The number of nitrogens with zero attached hydrogens (tertiary/aromatic N) is 1. The van der Waals surface area contributed by atoms with E-state index in [1.807, 2.05) is 33.2 Å². The van der Waals surface area contributed by atoms with Crippen molar-refractivity contribution in [3.63, 3.8) is 0 Å². The van der Waals surface area contributed by atoms with E-state index in [1.165, 1.54) is 0 Å². The van der Waals surface area contributed by atoms with Crippen LogP contribution in [0.2, 0.25) is 5.02 Å². The molecule has 5 heteroatoms. The summed E-state index contributed by atoms with van der Waals surface area (Å²) in [5, 5.41) is 3.33. The van der Waals surface area contributed by atoms with E-state index in [4.69, 9.17) is 16.3 Å². The van der Waals surface area contributed by atoms with E-state index < -0.39 is 0 Å². The van der Waals surface area contributed by atoms with E-state index in [0.29, 0.717) is 17.3 Å². The number of nitrogens with one attached hydrogen (secondary N) is 1. The number of halogens is 1. The van der Waals surface area contributed by atoms with E-state index in [2.05, 4.69) is 10.2 Å². The quantitative estimate of drug-likeness (QED) is 0.780. The molecule has 106 valence electrons. The van der Waals surface area contributed by atoms with Crippen molar-refractivity contribution in [2.24, 2.45) is 0 Å². The summed E-state index contributed by atoms with van der Waals surface area (Å²) in [4.78, 5) is 13.6. The third-order valence-electron chi connectivity index (χ3n) is 2.55. The summed E-state index contributed by atoms with van der Waals surface area (Å²) in [5.41, 5.74) is 1.05. The van der Waals surface area contributed by atoms with E-state index in [-0.39, 0.29) is 12.5 Å². The van der Waals surface area contributed by atoms with Crippen molar-refractivity contribution < 1.29 is 9.53 Å². The molecule has 0 aliphatic carbocycles. The Hall–Kier alpha value is -1.26. The number of rotatable bonds is 7. The monoisotopic (exact) mass is 284 g/mol. The van der Waals surface area contributed by atoms with Crippen molar-refractivity contribution in [1.82, 2.24) is 10.2 Å². The Bertz CT molecular complexity index is 422. The zero-order valence-electron chi connectivity index (χ0n) is 11.7. The SMILES string of the molecule is Cc1ccc(Cl)c(OCC(=O)NCCCN(C)C)c1. The van der Waals surface area contributed by atoms with Gasteiger partial charge in [-0.05, 0) is 51.7 Å². The summed E-state index contributed by atoms with van der Waals surface area (Å²) in [6, 6.07) is 5.49. The molecule has 0 spiro atoms. The van der Waals surface area contributed by atoms with Gasteiger partial charge in [0.05, 0.1) is 5.02 Å². The molecule has 1 amide bonds. The molecular weight excluding hydrogens is 264 g/mol. The largest absolute Gasteiger partial charge is 0.482 e. The standard InChI is InChI=1S/C14H21ClN2O2/c1-11-5-6-12(15)13(9-11)19-10-14(18)16-7-4-8-17(2)3/h5-6,9H,4,7-8,10H2,1-3H3,(H,16,18). The molecule has 0 heterocycles. The molecule has 1 aromatic rings. The first kappa shape index (κ1) is 15.8. The molecule has 1 N–H and O–H groups in total. The number of carbonyl (C=O) groups excluding carboxylic acids is 1. The average Bonchev–Trinajstić information content (AvgIpc) is 2.35. The van der Waals surface area contributed by atoms with E-state index in [1.54, 1.807) is 6.07 Å². The van der Waals surface area contributed by atoms with E-state index in [9.17, 15) is 4.79 Å². The third kappa shape index (κ3) is 6.45. The van der Waals surface area contributed by atoms with Gasteiger partial charge in [0.2, 0.25) is 0 Å². The number of benzene rings is 1. The number of hydrogen-bond donors (Lipinski definition) is 1. The first-order chi connectivity index (χ1) is 8.99. The van der Waals surface area contributed by atoms with Gasteiger partial charge in [0.15, 0.2) is 6.61 Å². The van der Waals surface area contributed by atoms with Gasteiger partial charge in [-0.15, -0.1) is 0 Å². The predicted octanol–water partition coefficient (Wildman–Crippen LogP) is 2.10. The molecule has 0 unspecified atom stereocenters. The van der Waals surface area contributed by atoms with Crippen molar-refractivity contribution in [2.45, 2.75) is 13.3 Å². The van der Waals surface area contributed by atoms with Crippen LogP contribution in [0.1, 0.15) is 12.0 Å². The maximum absolute atomic E-state index is 11.6. The lowest BCUT2D eigenvalue weighted by Gasteiger charge is -2.11. The molecule has 0 radical (unpaired) electrons. The number of ether oxygens (including phenoxy) is 1. The van der Waals surface area contributed by atoms with Gasteiger partial charge in [-0.2, -0.15) is 0 Å². The van der Waals surface area contributed by atoms with Gasteiger partial charge in [0, 0.05) is 6.54 Å². The van der Waals surface area contributed by atoms with E-state index >= 15 is 0 Å². The predicted molar refractivity (Wildman–Crippen MR) is 77.9 cm³/mol. The molecule has 0 atom stereocenters. The lowest BCUT2D eigenvalue weighted by atomic mass is 10.2. The Kier molecular flexibility index (Phi) is 6.67. The van der Waals surface area contributed by atoms with Crippen LogP contribution >= 0.6 is 11.6 Å². The van der Waals surface area contributed by atoms with Crippen LogP contribution in [0.5, 0.6) is 5.75 Å². The summed E-state index contributed by atoms with van der Waals surface area (Å²) in [5.74, 6) is 0.418. The normalized spacial score (nSPS) is 10.6. The minimum Gasteiger partial charge on any atom is -0.482 e. The minimum absolute atomic E-state index is 0.00879. The van der Waals surface area contributed by atoms with Crippen LogP contribution in [-0.2, 0) is 4.79 Å². The maximum atomic E-state index is 11.6. The lowest BCUT2D eigenvalue weighted by Crippen LogP contribution is -2.31. The lowest BCUT2D eigenvalue weighted by molar-refractivity contribution is -0.123. The smallest absolute Gasteiger partial charge is 0.257 e. The molecule has 0 bridgehead atoms. The van der Waals surface area contributed by atoms with Crippen molar-refractivity contribution in [3.05, 3.63) is 28.8 Å². The fraction of sp³-hybridized carbons (Fsp3) is 0.500. The maximum Gasteiger partial charge on any atom is 0.257 e.